The number of aromatic nitrogens is 3. The molecule has 144 valence electrons. The van der Waals surface area contributed by atoms with Crippen LogP contribution in [0.1, 0.15) is 5.56 Å². The number of aryl methyl sites for hydroxylation is 1. The monoisotopic (exact) mass is 379 g/mol. The first-order valence-corrected chi connectivity index (χ1v) is 9.16. The lowest BCUT2D eigenvalue weighted by Crippen LogP contribution is -2.47. The summed E-state index contributed by atoms with van der Waals surface area (Å²) in [7, 11) is 0. The molecule has 0 amide bonds. The van der Waals surface area contributed by atoms with Gasteiger partial charge in [0, 0.05) is 38.1 Å². The van der Waals surface area contributed by atoms with Crippen LogP contribution < -0.4 is 20.9 Å². The maximum absolute atomic E-state index is 13.1. The van der Waals surface area contributed by atoms with E-state index in [2.05, 4.69) is 30.1 Å². The fourth-order valence-corrected chi connectivity index (χ4v) is 3.23. The smallest absolute Gasteiger partial charge is 0.160 e. The Morgan fingerprint density at radius 2 is 1.64 bits per heavy atom. The summed E-state index contributed by atoms with van der Waals surface area (Å²) in [5, 5.41) is 3.16. The zero-order valence-corrected chi connectivity index (χ0v) is 15.6. The first-order chi connectivity index (χ1) is 13.6. The van der Waals surface area contributed by atoms with E-state index >= 15 is 0 Å². The lowest BCUT2D eigenvalue weighted by molar-refractivity contribution is 0.624. The fraction of sp³-hybridized carbons (Fsp3) is 0.250. The molecule has 0 bridgehead atoms. The van der Waals surface area contributed by atoms with E-state index in [1.54, 1.807) is 18.3 Å². The molecule has 0 radical (unpaired) electrons. The van der Waals surface area contributed by atoms with Crippen LogP contribution in [0.2, 0.25) is 0 Å². The molecule has 7 nitrogen and oxygen atoms in total. The SMILES string of the molecule is Cc1ccc(Nc2ncnc(N3CCN(c4ccc(F)cc4)CC3)c2N)nc1. The molecule has 0 unspecified atom stereocenters. The number of anilines is 5. The molecule has 3 heterocycles. The Morgan fingerprint density at radius 1 is 0.929 bits per heavy atom. The third-order valence-electron chi connectivity index (χ3n) is 4.79. The molecule has 1 aliphatic heterocycles. The van der Waals surface area contributed by atoms with Crippen LogP contribution in [-0.4, -0.2) is 41.1 Å². The Kier molecular flexibility index (Phi) is 4.92. The standard InChI is InChI=1S/C20H22FN7/c1-14-2-7-17(23-12-14)26-19-18(22)20(25-13-24-19)28-10-8-27(9-11-28)16-5-3-15(21)4-6-16/h2-7,12-13H,8-11,22H2,1H3,(H,23,24,25,26). The first kappa shape index (κ1) is 18.0. The van der Waals surface area contributed by atoms with Crippen molar-refractivity contribution in [2.75, 3.05) is 47.0 Å². The molecule has 0 spiro atoms. The van der Waals surface area contributed by atoms with E-state index in [0.717, 1.165) is 37.4 Å². The summed E-state index contributed by atoms with van der Waals surface area (Å²) in [6, 6.07) is 10.4. The molecule has 3 N–H and O–H groups in total. The highest BCUT2D eigenvalue weighted by Gasteiger charge is 2.21. The number of nitrogen functional groups attached to an aromatic ring is 1. The van der Waals surface area contributed by atoms with Crippen molar-refractivity contribution in [3.05, 3.63) is 60.3 Å². The summed E-state index contributed by atoms with van der Waals surface area (Å²) in [6.45, 7) is 5.12. The lowest BCUT2D eigenvalue weighted by atomic mass is 10.2. The molecular weight excluding hydrogens is 357 g/mol. The summed E-state index contributed by atoms with van der Waals surface area (Å²) in [6.07, 6.45) is 3.30. The summed E-state index contributed by atoms with van der Waals surface area (Å²) < 4.78 is 13.1. The number of pyridine rings is 1. The average molecular weight is 379 g/mol. The largest absolute Gasteiger partial charge is 0.393 e. The number of hydrogen-bond donors (Lipinski definition) is 2. The minimum atomic E-state index is -0.223. The van der Waals surface area contributed by atoms with Gasteiger partial charge in [0.2, 0.25) is 0 Å². The van der Waals surface area contributed by atoms with Crippen molar-refractivity contribution < 1.29 is 4.39 Å². The number of benzene rings is 1. The van der Waals surface area contributed by atoms with Crippen LogP contribution in [0.5, 0.6) is 0 Å². The maximum Gasteiger partial charge on any atom is 0.160 e. The van der Waals surface area contributed by atoms with Gasteiger partial charge < -0.3 is 20.9 Å². The summed E-state index contributed by atoms with van der Waals surface area (Å²) >= 11 is 0. The number of rotatable bonds is 4. The van der Waals surface area contributed by atoms with Crippen LogP contribution in [-0.2, 0) is 0 Å². The van der Waals surface area contributed by atoms with E-state index in [1.165, 1.54) is 18.5 Å². The fourth-order valence-electron chi connectivity index (χ4n) is 3.23. The second-order valence-electron chi connectivity index (χ2n) is 6.76. The number of piperazine rings is 1. The topological polar surface area (TPSA) is 83.2 Å². The van der Waals surface area contributed by atoms with Gasteiger partial charge in [0.15, 0.2) is 11.6 Å². The second-order valence-corrected chi connectivity index (χ2v) is 6.76. The highest BCUT2D eigenvalue weighted by atomic mass is 19.1. The Bertz CT molecular complexity index is 936. The van der Waals surface area contributed by atoms with Gasteiger partial charge in [0.05, 0.1) is 0 Å². The molecule has 1 saturated heterocycles. The Labute approximate surface area is 163 Å². The number of nitrogens with zero attached hydrogens (tertiary/aromatic N) is 5. The summed E-state index contributed by atoms with van der Waals surface area (Å²) in [5.74, 6) is 1.72. The molecular formula is C20H22FN7. The second kappa shape index (κ2) is 7.67. The Balaban J connectivity index is 1.46. The van der Waals surface area contributed by atoms with Gasteiger partial charge in [0.1, 0.15) is 23.6 Å². The molecule has 0 atom stereocenters. The van der Waals surface area contributed by atoms with Gasteiger partial charge in [-0.2, -0.15) is 0 Å². The molecule has 1 fully saturated rings. The summed E-state index contributed by atoms with van der Waals surface area (Å²) in [5.41, 5.74) is 8.94. The number of hydrogen-bond acceptors (Lipinski definition) is 7. The van der Waals surface area contributed by atoms with Crippen molar-refractivity contribution in [1.82, 2.24) is 15.0 Å². The predicted molar refractivity (Wildman–Crippen MR) is 110 cm³/mol. The van der Waals surface area contributed by atoms with E-state index in [1.807, 2.05) is 19.1 Å². The molecule has 4 rings (SSSR count). The molecule has 8 heteroatoms. The average Bonchev–Trinajstić information content (AvgIpc) is 2.72. The van der Waals surface area contributed by atoms with E-state index in [0.29, 0.717) is 23.1 Å². The molecule has 1 aliphatic rings. The highest BCUT2D eigenvalue weighted by molar-refractivity contribution is 5.77. The maximum atomic E-state index is 13.1. The zero-order chi connectivity index (χ0) is 19.5. The van der Waals surface area contributed by atoms with Gasteiger partial charge in [-0.1, -0.05) is 6.07 Å². The third kappa shape index (κ3) is 3.80. The van der Waals surface area contributed by atoms with Crippen molar-refractivity contribution in [2.24, 2.45) is 0 Å². The minimum Gasteiger partial charge on any atom is -0.393 e. The van der Waals surface area contributed by atoms with Crippen LogP contribution in [0.25, 0.3) is 0 Å². The number of nitrogens with two attached hydrogens (primary N) is 1. The predicted octanol–water partition coefficient (Wildman–Crippen LogP) is 2.97. The molecule has 3 aromatic rings. The molecule has 2 aromatic heterocycles. The molecule has 0 aliphatic carbocycles. The van der Waals surface area contributed by atoms with Crippen molar-refractivity contribution in [1.29, 1.82) is 0 Å². The van der Waals surface area contributed by atoms with E-state index in [-0.39, 0.29) is 5.82 Å². The van der Waals surface area contributed by atoms with Gasteiger partial charge in [0.25, 0.3) is 0 Å². The van der Waals surface area contributed by atoms with Crippen molar-refractivity contribution >= 4 is 28.8 Å². The highest BCUT2D eigenvalue weighted by Crippen LogP contribution is 2.29. The van der Waals surface area contributed by atoms with Crippen LogP contribution in [0, 0.1) is 12.7 Å². The van der Waals surface area contributed by atoms with Gasteiger partial charge in [-0.05, 0) is 42.8 Å². The van der Waals surface area contributed by atoms with Crippen molar-refractivity contribution in [2.45, 2.75) is 6.92 Å². The van der Waals surface area contributed by atoms with Gasteiger partial charge >= 0.3 is 0 Å². The molecule has 28 heavy (non-hydrogen) atoms. The molecule has 1 aromatic carbocycles. The van der Waals surface area contributed by atoms with Crippen LogP contribution in [0.3, 0.4) is 0 Å². The first-order valence-electron chi connectivity index (χ1n) is 9.16. The minimum absolute atomic E-state index is 0.223. The van der Waals surface area contributed by atoms with E-state index in [9.17, 15) is 4.39 Å². The lowest BCUT2D eigenvalue weighted by Gasteiger charge is -2.37. The quantitative estimate of drug-likeness (QED) is 0.721. The van der Waals surface area contributed by atoms with Gasteiger partial charge in [-0.25, -0.2) is 19.3 Å². The van der Waals surface area contributed by atoms with Crippen LogP contribution in [0.4, 0.5) is 33.2 Å². The van der Waals surface area contributed by atoms with E-state index < -0.39 is 0 Å². The third-order valence-corrected chi connectivity index (χ3v) is 4.79. The van der Waals surface area contributed by atoms with Crippen molar-refractivity contribution in [3.8, 4) is 0 Å². The Hall–Kier alpha value is -3.42. The van der Waals surface area contributed by atoms with E-state index in [4.69, 9.17) is 5.73 Å². The Morgan fingerprint density at radius 3 is 2.32 bits per heavy atom. The zero-order valence-electron chi connectivity index (χ0n) is 15.6. The molecule has 0 saturated carbocycles. The van der Waals surface area contributed by atoms with Gasteiger partial charge in [-0.3, -0.25) is 0 Å². The van der Waals surface area contributed by atoms with Crippen LogP contribution in [0.15, 0.2) is 48.9 Å². The number of nitrogens with one attached hydrogen (secondary N) is 1. The summed E-state index contributed by atoms with van der Waals surface area (Å²) in [4.78, 5) is 17.4. The normalized spacial score (nSPS) is 14.2. The number of halogens is 1. The van der Waals surface area contributed by atoms with Gasteiger partial charge in [-0.15, -0.1) is 0 Å². The van der Waals surface area contributed by atoms with Crippen molar-refractivity contribution in [3.63, 3.8) is 0 Å². The van der Waals surface area contributed by atoms with Crippen LogP contribution >= 0.6 is 0 Å².